The fourth-order valence-electron chi connectivity index (χ4n) is 2.00. The smallest absolute Gasteiger partial charge is 0.242 e. The third-order valence-electron chi connectivity index (χ3n) is 2.90. The van der Waals surface area contributed by atoms with Gasteiger partial charge in [-0.2, -0.15) is 5.10 Å². The van der Waals surface area contributed by atoms with Crippen LogP contribution in [0.15, 0.2) is 12.4 Å². The van der Waals surface area contributed by atoms with E-state index in [-0.39, 0.29) is 5.91 Å². The number of hydrogen-bond donors (Lipinski definition) is 1. The number of aromatic nitrogens is 2. The van der Waals surface area contributed by atoms with Gasteiger partial charge in [0.15, 0.2) is 0 Å². The summed E-state index contributed by atoms with van der Waals surface area (Å²) < 4.78 is 1.76. The Morgan fingerprint density at radius 2 is 2.31 bits per heavy atom. The molecule has 1 aliphatic heterocycles. The van der Waals surface area contributed by atoms with Gasteiger partial charge in [0, 0.05) is 38.4 Å². The minimum atomic E-state index is -0.444. The Morgan fingerprint density at radius 1 is 1.56 bits per heavy atom. The zero-order valence-electron chi connectivity index (χ0n) is 10.0. The van der Waals surface area contributed by atoms with E-state index < -0.39 is 5.54 Å². The quantitative estimate of drug-likeness (QED) is 0.774. The second-order valence-electron chi connectivity index (χ2n) is 4.80. The summed E-state index contributed by atoms with van der Waals surface area (Å²) in [6.07, 6.45) is 3.75. The van der Waals surface area contributed by atoms with Gasteiger partial charge in [-0.15, -0.1) is 0 Å². The topological polar surface area (TPSA) is 50.2 Å². The van der Waals surface area contributed by atoms with Gasteiger partial charge >= 0.3 is 0 Å². The van der Waals surface area contributed by atoms with E-state index in [1.54, 1.807) is 4.68 Å². The number of nitrogens with zero attached hydrogens (tertiary/aromatic N) is 3. The molecule has 2 rings (SSSR count). The van der Waals surface area contributed by atoms with Crippen LogP contribution in [0.4, 0.5) is 0 Å². The van der Waals surface area contributed by atoms with Gasteiger partial charge in [-0.25, -0.2) is 0 Å². The van der Waals surface area contributed by atoms with Gasteiger partial charge in [0.05, 0.1) is 11.7 Å². The summed E-state index contributed by atoms with van der Waals surface area (Å²) in [4.78, 5) is 14.0. The van der Waals surface area contributed by atoms with Crippen LogP contribution in [0.1, 0.15) is 19.4 Å². The minimum absolute atomic E-state index is 0.155. The van der Waals surface area contributed by atoms with Crippen LogP contribution in [-0.2, 0) is 18.4 Å². The number of carbonyl (C=O) groups is 1. The van der Waals surface area contributed by atoms with E-state index in [0.717, 1.165) is 18.7 Å². The minimum Gasteiger partial charge on any atom is -0.335 e. The molecule has 1 saturated heterocycles. The SMILES string of the molecule is Cn1cc(CN2CCNC(C)(C)C2=O)cn1. The summed E-state index contributed by atoms with van der Waals surface area (Å²) in [5.41, 5.74) is 0.633. The van der Waals surface area contributed by atoms with E-state index in [1.165, 1.54) is 0 Å². The van der Waals surface area contributed by atoms with Crippen molar-refractivity contribution in [2.24, 2.45) is 7.05 Å². The highest BCUT2D eigenvalue weighted by molar-refractivity contribution is 5.86. The molecule has 88 valence electrons. The van der Waals surface area contributed by atoms with Crippen molar-refractivity contribution < 1.29 is 4.79 Å². The molecule has 1 amide bonds. The number of aryl methyl sites for hydroxylation is 1. The van der Waals surface area contributed by atoms with Crippen molar-refractivity contribution in [1.29, 1.82) is 0 Å². The van der Waals surface area contributed by atoms with Crippen molar-refractivity contribution >= 4 is 5.91 Å². The molecule has 0 spiro atoms. The van der Waals surface area contributed by atoms with Crippen molar-refractivity contribution in [3.8, 4) is 0 Å². The Bertz CT molecular complexity index is 396. The molecule has 0 aromatic carbocycles. The van der Waals surface area contributed by atoms with Gasteiger partial charge in [-0.3, -0.25) is 9.48 Å². The Hall–Kier alpha value is -1.36. The first-order valence-corrected chi connectivity index (χ1v) is 5.51. The number of piperazine rings is 1. The number of carbonyl (C=O) groups excluding carboxylic acids is 1. The predicted molar refractivity (Wildman–Crippen MR) is 60.7 cm³/mol. The molecular formula is C11H18N4O. The summed E-state index contributed by atoms with van der Waals surface area (Å²) >= 11 is 0. The lowest BCUT2D eigenvalue weighted by atomic mass is 10.0. The van der Waals surface area contributed by atoms with Gasteiger partial charge in [-0.05, 0) is 13.8 Å². The number of amides is 1. The third kappa shape index (κ3) is 2.09. The summed E-state index contributed by atoms with van der Waals surface area (Å²) in [5, 5.41) is 7.32. The molecule has 1 aromatic heterocycles. The van der Waals surface area contributed by atoms with Crippen LogP contribution in [0.5, 0.6) is 0 Å². The molecule has 5 nitrogen and oxygen atoms in total. The molecule has 0 saturated carbocycles. The highest BCUT2D eigenvalue weighted by Gasteiger charge is 2.35. The van der Waals surface area contributed by atoms with Crippen molar-refractivity contribution in [3.63, 3.8) is 0 Å². The first-order valence-electron chi connectivity index (χ1n) is 5.51. The van der Waals surface area contributed by atoms with Gasteiger partial charge in [-0.1, -0.05) is 0 Å². The average molecular weight is 222 g/mol. The summed E-state index contributed by atoms with van der Waals surface area (Å²) in [6, 6.07) is 0. The van der Waals surface area contributed by atoms with Crippen molar-refractivity contribution in [1.82, 2.24) is 20.0 Å². The largest absolute Gasteiger partial charge is 0.335 e. The van der Waals surface area contributed by atoms with Crippen LogP contribution < -0.4 is 5.32 Å². The van der Waals surface area contributed by atoms with E-state index in [1.807, 2.05) is 38.2 Å². The summed E-state index contributed by atoms with van der Waals surface area (Å²) in [7, 11) is 1.88. The summed E-state index contributed by atoms with van der Waals surface area (Å²) in [6.45, 7) is 6.10. The predicted octanol–water partition coefficient (Wildman–Crippen LogP) is 0.130. The Balaban J connectivity index is 2.07. The fraction of sp³-hybridized carbons (Fsp3) is 0.636. The highest BCUT2D eigenvalue weighted by atomic mass is 16.2. The molecule has 0 bridgehead atoms. The first kappa shape index (κ1) is 11.1. The van der Waals surface area contributed by atoms with E-state index >= 15 is 0 Å². The van der Waals surface area contributed by atoms with E-state index in [0.29, 0.717) is 6.54 Å². The molecule has 0 aliphatic carbocycles. The van der Waals surface area contributed by atoms with E-state index in [9.17, 15) is 4.79 Å². The van der Waals surface area contributed by atoms with Crippen LogP contribution in [0, 0.1) is 0 Å². The normalized spacial score (nSPS) is 20.2. The number of rotatable bonds is 2. The molecule has 0 radical (unpaired) electrons. The molecule has 1 aromatic rings. The molecule has 0 unspecified atom stereocenters. The third-order valence-corrected chi connectivity index (χ3v) is 2.90. The molecule has 0 atom stereocenters. The van der Waals surface area contributed by atoms with E-state index in [4.69, 9.17) is 0 Å². The van der Waals surface area contributed by atoms with Crippen LogP contribution in [0.2, 0.25) is 0 Å². The average Bonchev–Trinajstić information content (AvgIpc) is 2.59. The van der Waals surface area contributed by atoms with Gasteiger partial charge in [0.25, 0.3) is 0 Å². The van der Waals surface area contributed by atoms with Gasteiger partial charge < -0.3 is 10.2 Å². The Kier molecular flexibility index (Phi) is 2.71. The first-order chi connectivity index (χ1) is 7.49. The monoisotopic (exact) mass is 222 g/mol. The maximum Gasteiger partial charge on any atom is 0.242 e. The van der Waals surface area contributed by atoms with Gasteiger partial charge in [0.1, 0.15) is 0 Å². The lowest BCUT2D eigenvalue weighted by molar-refractivity contribution is -0.140. The molecule has 1 aliphatic rings. The Labute approximate surface area is 95.4 Å². The molecule has 1 fully saturated rings. The lowest BCUT2D eigenvalue weighted by Gasteiger charge is -2.37. The van der Waals surface area contributed by atoms with Crippen LogP contribution in [0.3, 0.4) is 0 Å². The molecule has 2 heterocycles. The number of nitrogens with one attached hydrogen (secondary N) is 1. The number of hydrogen-bond acceptors (Lipinski definition) is 3. The molecular weight excluding hydrogens is 204 g/mol. The Morgan fingerprint density at radius 3 is 2.94 bits per heavy atom. The van der Waals surface area contributed by atoms with Crippen LogP contribution in [0.25, 0.3) is 0 Å². The maximum absolute atomic E-state index is 12.1. The molecule has 1 N–H and O–H groups in total. The van der Waals surface area contributed by atoms with Gasteiger partial charge in [0.2, 0.25) is 5.91 Å². The van der Waals surface area contributed by atoms with E-state index in [2.05, 4.69) is 10.4 Å². The van der Waals surface area contributed by atoms with Crippen LogP contribution >= 0.6 is 0 Å². The summed E-state index contributed by atoms with van der Waals surface area (Å²) in [5.74, 6) is 0.155. The maximum atomic E-state index is 12.1. The lowest BCUT2D eigenvalue weighted by Crippen LogP contribution is -2.60. The van der Waals surface area contributed by atoms with Crippen molar-refractivity contribution in [3.05, 3.63) is 18.0 Å². The second-order valence-corrected chi connectivity index (χ2v) is 4.80. The zero-order chi connectivity index (χ0) is 11.8. The highest BCUT2D eigenvalue weighted by Crippen LogP contribution is 2.14. The van der Waals surface area contributed by atoms with Crippen molar-refractivity contribution in [2.45, 2.75) is 25.9 Å². The second kappa shape index (κ2) is 3.90. The zero-order valence-corrected chi connectivity index (χ0v) is 10.0. The molecule has 5 heteroatoms. The molecule has 16 heavy (non-hydrogen) atoms. The van der Waals surface area contributed by atoms with Crippen molar-refractivity contribution in [2.75, 3.05) is 13.1 Å². The standard InChI is InChI=1S/C11H18N4O/c1-11(2)10(16)15(5-4-12-11)8-9-6-13-14(3)7-9/h6-7,12H,4-5,8H2,1-3H3. The fourth-order valence-corrected chi connectivity index (χ4v) is 2.00. The van der Waals surface area contributed by atoms with Crippen LogP contribution in [-0.4, -0.2) is 39.2 Å².